The molecule has 2 heterocycles. The van der Waals surface area contributed by atoms with Gasteiger partial charge in [0.25, 0.3) is 0 Å². The van der Waals surface area contributed by atoms with Gasteiger partial charge in [-0.1, -0.05) is 164 Å². The van der Waals surface area contributed by atoms with Crippen LogP contribution in [0.1, 0.15) is 42.5 Å². The number of aromatic nitrogens is 1. The van der Waals surface area contributed by atoms with Crippen LogP contribution in [0, 0.1) is 11.8 Å². The molecule has 1 aliphatic heterocycles. The minimum Gasteiger partial charge on any atom is -0.385 e. The van der Waals surface area contributed by atoms with E-state index in [2.05, 4.69) is 205 Å². The summed E-state index contributed by atoms with van der Waals surface area (Å²) in [6.45, 7) is 4.11. The van der Waals surface area contributed by atoms with Crippen molar-refractivity contribution in [3.05, 3.63) is 216 Å². The lowest BCUT2D eigenvalue weighted by atomic mass is 9.62. The van der Waals surface area contributed by atoms with Crippen molar-refractivity contribution in [1.82, 2.24) is 4.57 Å². The highest BCUT2D eigenvalue weighted by molar-refractivity contribution is 6.08. The van der Waals surface area contributed by atoms with Gasteiger partial charge in [-0.3, -0.25) is 4.57 Å². The van der Waals surface area contributed by atoms with Gasteiger partial charge in [-0.2, -0.15) is 0 Å². The number of nitrogens with two attached hydrogens (primary N) is 2. The van der Waals surface area contributed by atoms with Gasteiger partial charge >= 0.3 is 0 Å². The highest BCUT2D eigenvalue weighted by Gasteiger charge is 2.50. The molecule has 4 atom stereocenters. The van der Waals surface area contributed by atoms with Crippen LogP contribution in [0.4, 0.5) is 11.5 Å². The molecule has 4 N–H and O–H groups in total. The summed E-state index contributed by atoms with van der Waals surface area (Å²) >= 11 is 0. The summed E-state index contributed by atoms with van der Waals surface area (Å²) in [5.74, 6) is 2.04. The molecule has 3 aliphatic carbocycles. The van der Waals surface area contributed by atoms with E-state index in [1.54, 1.807) is 0 Å². The van der Waals surface area contributed by atoms with Crippen molar-refractivity contribution >= 4 is 28.5 Å². The fourth-order valence-electron chi connectivity index (χ4n) is 10.3. The molecule has 0 saturated carbocycles. The van der Waals surface area contributed by atoms with Crippen LogP contribution in [0.5, 0.6) is 0 Å². The Labute approximate surface area is 335 Å². The zero-order valence-corrected chi connectivity index (χ0v) is 32.4. The molecule has 4 nitrogen and oxygen atoms in total. The van der Waals surface area contributed by atoms with Crippen LogP contribution in [0.25, 0.3) is 44.9 Å². The topological polar surface area (TPSA) is 60.2 Å². The largest absolute Gasteiger partial charge is 0.385 e. The number of anilines is 2. The molecule has 0 spiro atoms. The molecule has 57 heavy (non-hydrogen) atoms. The summed E-state index contributed by atoms with van der Waals surface area (Å²) in [7, 11) is 0. The highest BCUT2D eigenvalue weighted by Crippen LogP contribution is 2.60. The van der Waals surface area contributed by atoms with Crippen molar-refractivity contribution in [3.8, 4) is 27.9 Å². The number of fused-ring (bicyclic) bond motifs is 6. The third-order valence-corrected chi connectivity index (χ3v) is 12.6. The van der Waals surface area contributed by atoms with Crippen LogP contribution >= 0.6 is 0 Å². The number of allylic oxidation sites excluding steroid dienone is 9. The quantitative estimate of drug-likeness (QED) is 0.171. The van der Waals surface area contributed by atoms with Gasteiger partial charge in [-0.25, -0.2) is 0 Å². The van der Waals surface area contributed by atoms with Gasteiger partial charge < -0.3 is 16.4 Å². The average Bonchev–Trinajstić information content (AvgIpc) is 3.84. The second kappa shape index (κ2) is 13.8. The summed E-state index contributed by atoms with van der Waals surface area (Å²) in [5, 5.41) is 1.15. The number of hydrogen-bond donors (Lipinski definition) is 2. The SMILES string of the molecule is C/C=C\C1=C(N)N(c2ccc(-c3ccc(-n4c(N)c(/C=C\C)c5ccc6c(c54)-c4ccccc4C6(c4ccccc4)C4C=CC=CC4)cc3)cc2)C2C=CC=CC12. The van der Waals surface area contributed by atoms with E-state index in [-0.39, 0.29) is 23.3 Å². The molecule has 4 aliphatic rings. The maximum absolute atomic E-state index is 7.24. The van der Waals surface area contributed by atoms with Gasteiger partial charge in [0.2, 0.25) is 0 Å². The zero-order chi connectivity index (χ0) is 38.7. The Bertz CT molecular complexity index is 2750. The van der Waals surface area contributed by atoms with Crippen LogP contribution in [0.15, 0.2) is 193 Å². The third kappa shape index (κ3) is 5.13. The lowest BCUT2D eigenvalue weighted by Crippen LogP contribution is -2.35. The predicted octanol–water partition coefficient (Wildman–Crippen LogP) is 12.0. The van der Waals surface area contributed by atoms with Gasteiger partial charge in [-0.05, 0) is 83.8 Å². The maximum Gasteiger partial charge on any atom is 0.116 e. The molecule has 10 rings (SSSR count). The molecule has 278 valence electrons. The Hall–Kier alpha value is -6.78. The maximum atomic E-state index is 7.24. The smallest absolute Gasteiger partial charge is 0.116 e. The van der Waals surface area contributed by atoms with E-state index in [4.69, 9.17) is 11.5 Å². The Balaban J connectivity index is 1.10. The minimum absolute atomic E-state index is 0.169. The molecule has 0 amide bonds. The van der Waals surface area contributed by atoms with E-state index in [9.17, 15) is 0 Å². The normalized spacial score (nSPS) is 22.0. The van der Waals surface area contributed by atoms with E-state index in [1.165, 1.54) is 33.4 Å². The Kier molecular flexibility index (Phi) is 8.37. The summed E-state index contributed by atoms with van der Waals surface area (Å²) < 4.78 is 2.29. The molecule has 0 radical (unpaired) electrons. The molecule has 0 saturated heterocycles. The number of hydrogen-bond acceptors (Lipinski definition) is 3. The zero-order valence-electron chi connectivity index (χ0n) is 32.4. The molecule has 0 fully saturated rings. The Morgan fingerprint density at radius 2 is 1.33 bits per heavy atom. The van der Waals surface area contributed by atoms with Crippen LogP contribution in [0.2, 0.25) is 0 Å². The second-order valence-corrected chi connectivity index (χ2v) is 15.5. The van der Waals surface area contributed by atoms with Crippen LogP contribution in [-0.2, 0) is 5.41 Å². The van der Waals surface area contributed by atoms with Crippen LogP contribution in [-0.4, -0.2) is 10.6 Å². The third-order valence-electron chi connectivity index (χ3n) is 12.6. The first kappa shape index (κ1) is 34.7. The molecule has 0 bridgehead atoms. The predicted molar refractivity (Wildman–Crippen MR) is 240 cm³/mol. The Morgan fingerprint density at radius 1 is 0.649 bits per heavy atom. The van der Waals surface area contributed by atoms with Gasteiger partial charge in [0.05, 0.1) is 17.0 Å². The van der Waals surface area contributed by atoms with E-state index >= 15 is 0 Å². The van der Waals surface area contributed by atoms with Crippen molar-refractivity contribution in [2.45, 2.75) is 31.7 Å². The van der Waals surface area contributed by atoms with Gasteiger partial charge in [-0.15, -0.1) is 0 Å². The van der Waals surface area contributed by atoms with Crippen LogP contribution < -0.4 is 16.4 Å². The fraction of sp³-hybridized carbons (Fsp3) is 0.132. The first-order chi connectivity index (χ1) is 28.1. The van der Waals surface area contributed by atoms with Crippen molar-refractivity contribution in [2.75, 3.05) is 10.6 Å². The van der Waals surface area contributed by atoms with Crippen molar-refractivity contribution in [3.63, 3.8) is 0 Å². The number of rotatable bonds is 7. The van der Waals surface area contributed by atoms with E-state index in [1.807, 2.05) is 6.92 Å². The van der Waals surface area contributed by atoms with Crippen LogP contribution in [0.3, 0.4) is 0 Å². The average molecular weight is 739 g/mol. The number of nitrogens with zero attached hydrogens (tertiary/aromatic N) is 2. The molecule has 4 unspecified atom stereocenters. The van der Waals surface area contributed by atoms with E-state index in [0.717, 1.165) is 57.0 Å². The summed E-state index contributed by atoms with van der Waals surface area (Å²) in [6.07, 6.45) is 27.3. The fourth-order valence-corrected chi connectivity index (χ4v) is 10.3. The summed E-state index contributed by atoms with van der Waals surface area (Å²) in [4.78, 5) is 2.26. The van der Waals surface area contributed by atoms with Crippen molar-refractivity contribution < 1.29 is 0 Å². The molecule has 4 heteroatoms. The van der Waals surface area contributed by atoms with Gasteiger partial charge in [0.15, 0.2) is 0 Å². The lowest BCUT2D eigenvalue weighted by Gasteiger charge is -2.39. The molecule has 5 aromatic carbocycles. The highest BCUT2D eigenvalue weighted by atomic mass is 15.3. The molecule has 1 aromatic heterocycles. The first-order valence-corrected chi connectivity index (χ1v) is 20.1. The van der Waals surface area contributed by atoms with Crippen molar-refractivity contribution in [2.24, 2.45) is 17.6 Å². The second-order valence-electron chi connectivity index (χ2n) is 15.5. The molecular formula is C53H46N4. The van der Waals surface area contributed by atoms with E-state index in [0.29, 0.717) is 0 Å². The molecular weight excluding hydrogens is 693 g/mol. The molecule has 6 aromatic rings. The summed E-state index contributed by atoms with van der Waals surface area (Å²) in [5.41, 5.74) is 28.0. The Morgan fingerprint density at radius 3 is 2.05 bits per heavy atom. The first-order valence-electron chi connectivity index (χ1n) is 20.1. The monoisotopic (exact) mass is 738 g/mol. The van der Waals surface area contributed by atoms with Crippen molar-refractivity contribution in [1.29, 1.82) is 0 Å². The standard InChI is InChI=1S/C53H46N4/c1-3-15-43-41-21-12-14-24-48(41)56(51(43)54)39-29-25-35(26-30-39)36-27-31-40(32-28-36)57-50-42(44(16-4-2)52(57)55)33-34-47-49(50)45-22-11-13-23-46(45)53(47,37-17-7-5-8-18-37)38-19-9-6-10-20-38/h3-19,21-34,38,41,48H,20,54-55H2,1-2H3/b15-3-,16-4-. The van der Waals surface area contributed by atoms with Gasteiger partial charge in [0, 0.05) is 39.4 Å². The summed E-state index contributed by atoms with van der Waals surface area (Å²) in [6, 6.07) is 42.6. The minimum atomic E-state index is -0.363. The van der Waals surface area contributed by atoms with Gasteiger partial charge in [0.1, 0.15) is 11.6 Å². The van der Waals surface area contributed by atoms with E-state index < -0.39 is 0 Å². The number of benzene rings is 5. The lowest BCUT2D eigenvalue weighted by molar-refractivity contribution is 0.457. The number of nitrogen functional groups attached to an aromatic ring is 1.